The van der Waals surface area contributed by atoms with Crippen LogP contribution in [0.25, 0.3) is 11.4 Å². The molecule has 1 N–H and O–H groups in total. The van der Waals surface area contributed by atoms with E-state index in [1.54, 1.807) is 7.11 Å². The number of ether oxygens (including phenoxy) is 1. The van der Waals surface area contributed by atoms with Gasteiger partial charge in [0.15, 0.2) is 0 Å². The van der Waals surface area contributed by atoms with Crippen molar-refractivity contribution in [2.75, 3.05) is 13.7 Å². The second kappa shape index (κ2) is 5.64. The topological polar surface area (TPSA) is 68.4 Å². The third kappa shape index (κ3) is 2.68. The molecule has 96 valence electrons. The molecule has 0 atom stereocenters. The Labute approximate surface area is 105 Å². The van der Waals surface area contributed by atoms with Gasteiger partial charge in [0, 0.05) is 18.6 Å². The molecule has 0 saturated heterocycles. The number of benzene rings is 1. The summed E-state index contributed by atoms with van der Waals surface area (Å²) >= 11 is 0. The van der Waals surface area contributed by atoms with Crippen LogP contribution in [0.2, 0.25) is 0 Å². The Morgan fingerprint density at radius 1 is 1.39 bits per heavy atom. The number of aliphatic hydroxyl groups excluding tert-OH is 1. The zero-order valence-corrected chi connectivity index (χ0v) is 10.5. The van der Waals surface area contributed by atoms with Crippen LogP contribution >= 0.6 is 0 Å². The molecular formula is C13H16N2O3. The monoisotopic (exact) mass is 248 g/mol. The van der Waals surface area contributed by atoms with Crippen molar-refractivity contribution >= 4 is 0 Å². The first kappa shape index (κ1) is 12.6. The second-order valence-electron chi connectivity index (χ2n) is 4.02. The standard InChI is InChI=1S/C13H16N2O3/c1-9-8-10(5-6-11(9)17-2)13-14-12(18-15-13)4-3-7-16/h5-6,8,16H,3-4,7H2,1-2H3. The van der Waals surface area contributed by atoms with Crippen LogP contribution in [-0.2, 0) is 6.42 Å². The quantitative estimate of drug-likeness (QED) is 0.876. The van der Waals surface area contributed by atoms with E-state index in [9.17, 15) is 0 Å². The van der Waals surface area contributed by atoms with Crippen molar-refractivity contribution in [3.63, 3.8) is 0 Å². The molecule has 0 aliphatic rings. The maximum Gasteiger partial charge on any atom is 0.227 e. The van der Waals surface area contributed by atoms with Crippen molar-refractivity contribution in [3.05, 3.63) is 29.7 Å². The highest BCUT2D eigenvalue weighted by Crippen LogP contribution is 2.24. The van der Waals surface area contributed by atoms with E-state index in [2.05, 4.69) is 10.1 Å². The number of aromatic nitrogens is 2. The fourth-order valence-corrected chi connectivity index (χ4v) is 1.72. The molecule has 0 aliphatic carbocycles. The van der Waals surface area contributed by atoms with Crippen molar-refractivity contribution in [2.45, 2.75) is 19.8 Å². The van der Waals surface area contributed by atoms with Crippen LogP contribution < -0.4 is 4.74 Å². The van der Waals surface area contributed by atoms with Gasteiger partial charge in [-0.2, -0.15) is 4.98 Å². The van der Waals surface area contributed by atoms with Gasteiger partial charge >= 0.3 is 0 Å². The first-order valence-corrected chi connectivity index (χ1v) is 5.83. The molecule has 1 aromatic heterocycles. The Hall–Kier alpha value is -1.88. The third-order valence-corrected chi connectivity index (χ3v) is 2.67. The van der Waals surface area contributed by atoms with Gasteiger partial charge in [-0.05, 0) is 37.1 Å². The van der Waals surface area contributed by atoms with Crippen molar-refractivity contribution in [1.82, 2.24) is 10.1 Å². The van der Waals surface area contributed by atoms with Crippen LogP contribution in [0, 0.1) is 6.92 Å². The lowest BCUT2D eigenvalue weighted by Gasteiger charge is -2.04. The molecule has 0 saturated carbocycles. The summed E-state index contributed by atoms with van der Waals surface area (Å²) in [7, 11) is 1.64. The highest BCUT2D eigenvalue weighted by Gasteiger charge is 2.09. The summed E-state index contributed by atoms with van der Waals surface area (Å²) in [6, 6.07) is 5.74. The molecule has 5 nitrogen and oxygen atoms in total. The lowest BCUT2D eigenvalue weighted by molar-refractivity contribution is 0.278. The molecule has 0 radical (unpaired) electrons. The predicted molar refractivity (Wildman–Crippen MR) is 66.4 cm³/mol. The number of aliphatic hydroxyl groups is 1. The Morgan fingerprint density at radius 2 is 2.22 bits per heavy atom. The third-order valence-electron chi connectivity index (χ3n) is 2.67. The molecule has 1 aromatic carbocycles. The molecule has 0 amide bonds. The van der Waals surface area contributed by atoms with Crippen molar-refractivity contribution in [3.8, 4) is 17.1 Å². The average molecular weight is 248 g/mol. The SMILES string of the molecule is COc1ccc(-c2noc(CCCO)n2)cc1C. The fourth-order valence-electron chi connectivity index (χ4n) is 1.72. The van der Waals surface area contributed by atoms with E-state index in [1.807, 2.05) is 25.1 Å². The van der Waals surface area contributed by atoms with Crippen LogP contribution in [0.1, 0.15) is 17.9 Å². The smallest absolute Gasteiger partial charge is 0.227 e. The summed E-state index contributed by atoms with van der Waals surface area (Å²) in [4.78, 5) is 4.28. The zero-order chi connectivity index (χ0) is 13.0. The normalized spacial score (nSPS) is 10.6. The molecule has 5 heteroatoms. The fraction of sp³-hybridized carbons (Fsp3) is 0.385. The first-order chi connectivity index (χ1) is 8.74. The van der Waals surface area contributed by atoms with Crippen LogP contribution in [0.15, 0.2) is 22.7 Å². The molecule has 2 rings (SSSR count). The van der Waals surface area contributed by atoms with Crippen LogP contribution in [0.4, 0.5) is 0 Å². The van der Waals surface area contributed by atoms with E-state index in [0.29, 0.717) is 24.6 Å². The van der Waals surface area contributed by atoms with Gasteiger partial charge in [0.1, 0.15) is 5.75 Å². The molecule has 0 spiro atoms. The van der Waals surface area contributed by atoms with E-state index in [-0.39, 0.29) is 6.61 Å². The Bertz CT molecular complexity index is 523. The summed E-state index contributed by atoms with van der Waals surface area (Å²) in [6.45, 7) is 2.09. The Kier molecular flexibility index (Phi) is 3.94. The van der Waals surface area contributed by atoms with Gasteiger partial charge < -0.3 is 14.4 Å². The van der Waals surface area contributed by atoms with E-state index in [0.717, 1.165) is 16.9 Å². The molecule has 2 aromatic rings. The average Bonchev–Trinajstić information content (AvgIpc) is 2.85. The van der Waals surface area contributed by atoms with Crippen LogP contribution in [0.5, 0.6) is 5.75 Å². The lowest BCUT2D eigenvalue weighted by atomic mass is 10.1. The molecule has 1 heterocycles. The Balaban J connectivity index is 2.20. The minimum Gasteiger partial charge on any atom is -0.496 e. The Morgan fingerprint density at radius 3 is 2.89 bits per heavy atom. The van der Waals surface area contributed by atoms with Crippen LogP contribution in [0.3, 0.4) is 0 Å². The zero-order valence-electron chi connectivity index (χ0n) is 10.5. The van der Waals surface area contributed by atoms with Gasteiger partial charge in [0.2, 0.25) is 11.7 Å². The molecule has 0 unspecified atom stereocenters. The van der Waals surface area contributed by atoms with Gasteiger partial charge in [0.25, 0.3) is 0 Å². The number of methoxy groups -OCH3 is 1. The van der Waals surface area contributed by atoms with E-state index < -0.39 is 0 Å². The summed E-state index contributed by atoms with van der Waals surface area (Å²) < 4.78 is 10.3. The number of rotatable bonds is 5. The van der Waals surface area contributed by atoms with E-state index >= 15 is 0 Å². The number of nitrogens with zero attached hydrogens (tertiary/aromatic N) is 2. The first-order valence-electron chi connectivity index (χ1n) is 5.83. The highest BCUT2D eigenvalue weighted by atomic mass is 16.5. The van der Waals surface area contributed by atoms with Crippen molar-refractivity contribution in [1.29, 1.82) is 0 Å². The van der Waals surface area contributed by atoms with Gasteiger partial charge in [0.05, 0.1) is 7.11 Å². The maximum absolute atomic E-state index is 8.74. The summed E-state index contributed by atoms with van der Waals surface area (Å²) in [5, 5.41) is 12.7. The van der Waals surface area contributed by atoms with Gasteiger partial charge in [-0.1, -0.05) is 5.16 Å². The van der Waals surface area contributed by atoms with Gasteiger partial charge in [-0.3, -0.25) is 0 Å². The highest BCUT2D eigenvalue weighted by molar-refractivity contribution is 5.58. The minimum absolute atomic E-state index is 0.124. The summed E-state index contributed by atoms with van der Waals surface area (Å²) in [5.74, 6) is 1.95. The molecular weight excluding hydrogens is 232 g/mol. The number of hydrogen-bond acceptors (Lipinski definition) is 5. The molecule has 0 aliphatic heterocycles. The van der Waals surface area contributed by atoms with E-state index in [4.69, 9.17) is 14.4 Å². The van der Waals surface area contributed by atoms with E-state index in [1.165, 1.54) is 0 Å². The number of aryl methyl sites for hydroxylation is 2. The van der Waals surface area contributed by atoms with Crippen molar-refractivity contribution in [2.24, 2.45) is 0 Å². The summed E-state index contributed by atoms with van der Waals surface area (Å²) in [5.41, 5.74) is 1.92. The predicted octanol–water partition coefficient (Wildman–Crippen LogP) is 1.98. The number of hydrogen-bond donors (Lipinski definition) is 1. The van der Waals surface area contributed by atoms with Crippen molar-refractivity contribution < 1.29 is 14.4 Å². The maximum atomic E-state index is 8.74. The van der Waals surface area contributed by atoms with Gasteiger partial charge in [-0.25, -0.2) is 0 Å². The molecule has 18 heavy (non-hydrogen) atoms. The largest absolute Gasteiger partial charge is 0.496 e. The minimum atomic E-state index is 0.124. The summed E-state index contributed by atoms with van der Waals surface area (Å²) in [6.07, 6.45) is 1.22. The molecule has 0 bridgehead atoms. The lowest BCUT2D eigenvalue weighted by Crippen LogP contribution is -1.90. The molecule has 0 fully saturated rings. The van der Waals surface area contributed by atoms with Crippen LogP contribution in [-0.4, -0.2) is 29.0 Å². The second-order valence-corrected chi connectivity index (χ2v) is 4.02. The van der Waals surface area contributed by atoms with Gasteiger partial charge in [-0.15, -0.1) is 0 Å².